The molecule has 71 heavy (non-hydrogen) atoms. The van der Waals surface area contributed by atoms with Crippen LogP contribution in [0.2, 0.25) is 0 Å². The fourth-order valence-corrected chi connectivity index (χ4v) is 10.5. The molecule has 0 saturated carbocycles. The van der Waals surface area contributed by atoms with Crippen LogP contribution in [0.3, 0.4) is 0 Å². The Morgan fingerprint density at radius 1 is 0.437 bits per heavy atom. The molecule has 1 aliphatic rings. The summed E-state index contributed by atoms with van der Waals surface area (Å²) in [5.74, 6) is 1.90. The van der Waals surface area contributed by atoms with Crippen molar-refractivity contribution in [1.82, 2.24) is 23.3 Å². The van der Waals surface area contributed by atoms with Crippen LogP contribution in [0.15, 0.2) is 237 Å². The smallest absolute Gasteiger partial charge is 0.509 e. The molecule has 334 valence electrons. The van der Waals surface area contributed by atoms with Gasteiger partial charge in [-0.3, -0.25) is 0 Å². The van der Waals surface area contributed by atoms with Crippen LogP contribution in [-0.4, -0.2) is 20.1 Å². The van der Waals surface area contributed by atoms with Gasteiger partial charge < -0.3 is 13.9 Å². The van der Waals surface area contributed by atoms with Crippen LogP contribution < -0.4 is 13.9 Å². The number of fused-ring (bicyclic) bond motifs is 9. The summed E-state index contributed by atoms with van der Waals surface area (Å²) in [6, 6.07) is 92.3. The number of aromatic nitrogens is 3. The Balaban J connectivity index is 0.00000492. The molecule has 1 aliphatic heterocycles. The van der Waals surface area contributed by atoms with Crippen molar-refractivity contribution in [2.24, 2.45) is 0 Å². The molecule has 0 amide bonds. The summed E-state index contributed by atoms with van der Waals surface area (Å²) in [5.41, 5.74) is 13.2. The fourth-order valence-electron chi connectivity index (χ4n) is 10.5. The normalized spacial score (nSPS) is 12.1. The van der Waals surface area contributed by atoms with Crippen LogP contribution in [-0.2, 0) is 20.4 Å². The van der Waals surface area contributed by atoms with Gasteiger partial charge in [-0.2, -0.15) is 6.07 Å². The van der Waals surface area contributed by atoms with Crippen LogP contribution >= 0.6 is 0 Å². The Kier molecular flexibility index (Phi) is 10.2. The summed E-state index contributed by atoms with van der Waals surface area (Å²) in [6.07, 6.45) is 1.82. The first-order valence-electron chi connectivity index (χ1n) is 23.5. The number of rotatable bonds is 8. The number of pyridine rings is 1. The van der Waals surface area contributed by atoms with E-state index in [1.54, 1.807) is 0 Å². The van der Waals surface area contributed by atoms with Gasteiger partial charge in [0.1, 0.15) is 11.5 Å². The maximum absolute atomic E-state index is 7.03. The number of para-hydroxylation sites is 4. The maximum atomic E-state index is 7.03. The quantitative estimate of drug-likeness (QED) is 0.0864. The molecule has 0 bridgehead atoms. The first-order valence-corrected chi connectivity index (χ1v) is 23.5. The van der Waals surface area contributed by atoms with Crippen molar-refractivity contribution < 1.29 is 25.2 Å². The van der Waals surface area contributed by atoms with Gasteiger partial charge in [0.25, 0.3) is 5.69 Å². The molecule has 7 heteroatoms. The molecule has 0 saturated heterocycles. The Hall–Kier alpha value is -8.95. The van der Waals surface area contributed by atoms with Crippen molar-refractivity contribution in [3.05, 3.63) is 249 Å². The standard InChI is InChI=1S/C64H39N5O.Pd/c1-3-18-43(19-4-1)50-27-17-28-51(44-20-5-2-6-21-44)63(50)67-42-66(60-36-33-45-22-7-8-23-52(45)64(60)67)46-38-47(68-57-29-12-9-24-53(57)54-25-10-13-30-58(54)68)40-49(39-46)70-48-34-35-56-55-26-11-14-31-59(55)69(61(56)41-48)62-32-15-16-37-65-62;/h1-38,40H;/q;+2. The molecule has 0 aliphatic carbocycles. The van der Waals surface area contributed by atoms with E-state index in [-0.39, 0.29) is 20.4 Å². The fraction of sp³-hybridized carbons (Fsp3) is 0. The summed E-state index contributed by atoms with van der Waals surface area (Å²) < 4.78 is 15.9. The van der Waals surface area contributed by atoms with Crippen molar-refractivity contribution >= 4 is 83.1 Å². The molecule has 4 heterocycles. The third-order valence-corrected chi connectivity index (χ3v) is 13.5. The van der Waals surface area contributed by atoms with Gasteiger partial charge in [-0.05, 0) is 81.1 Å². The molecule has 13 aromatic rings. The Labute approximate surface area is 423 Å². The van der Waals surface area contributed by atoms with E-state index in [1.807, 2.05) is 30.5 Å². The van der Waals surface area contributed by atoms with Crippen molar-refractivity contribution in [3.63, 3.8) is 0 Å². The zero-order valence-electron chi connectivity index (χ0n) is 38.0. The van der Waals surface area contributed by atoms with E-state index in [0.29, 0.717) is 11.5 Å². The van der Waals surface area contributed by atoms with E-state index in [0.717, 1.165) is 100 Å². The van der Waals surface area contributed by atoms with Crippen LogP contribution in [0.5, 0.6) is 11.5 Å². The second-order valence-corrected chi connectivity index (χ2v) is 17.5. The van der Waals surface area contributed by atoms with Gasteiger partial charge in [-0.25, -0.2) is 4.98 Å². The summed E-state index contributed by atoms with van der Waals surface area (Å²) >= 11 is 0. The first-order chi connectivity index (χ1) is 34.7. The Bertz CT molecular complexity index is 4190. The molecular weight excluding hydrogens is 961 g/mol. The average Bonchev–Trinajstić information content (AvgIpc) is 4.09. The summed E-state index contributed by atoms with van der Waals surface area (Å²) in [7, 11) is 0. The Morgan fingerprint density at radius 3 is 1.69 bits per heavy atom. The maximum Gasteiger partial charge on any atom is 2.00 e. The third kappa shape index (κ3) is 6.95. The average molecular weight is 1000 g/mol. The van der Waals surface area contributed by atoms with Gasteiger partial charge >= 0.3 is 32.1 Å². The monoisotopic (exact) mass is 999 g/mol. The second-order valence-electron chi connectivity index (χ2n) is 17.5. The van der Waals surface area contributed by atoms with Crippen LogP contribution in [0.25, 0.3) is 88.1 Å². The summed E-state index contributed by atoms with van der Waals surface area (Å²) in [4.78, 5) is 4.77. The minimum atomic E-state index is 0. The minimum Gasteiger partial charge on any atom is -0.509 e. The molecule has 0 unspecified atom stereocenters. The van der Waals surface area contributed by atoms with Gasteiger partial charge in [0.2, 0.25) is 5.69 Å². The molecule has 0 fully saturated rings. The number of benzene rings is 10. The molecule has 3 aromatic heterocycles. The van der Waals surface area contributed by atoms with Crippen molar-refractivity contribution in [2.75, 3.05) is 0 Å². The number of hydrogen-bond donors (Lipinski definition) is 0. The Morgan fingerprint density at radius 2 is 1.03 bits per heavy atom. The molecular formula is C64H39N5OPd+2. The largest absolute Gasteiger partial charge is 2.00 e. The van der Waals surface area contributed by atoms with Gasteiger partial charge in [0.05, 0.1) is 27.5 Å². The van der Waals surface area contributed by atoms with Gasteiger partial charge in [-0.1, -0.05) is 174 Å². The predicted molar refractivity (Wildman–Crippen MR) is 286 cm³/mol. The molecule has 14 rings (SSSR count). The van der Waals surface area contributed by atoms with Crippen molar-refractivity contribution in [2.45, 2.75) is 0 Å². The van der Waals surface area contributed by atoms with Crippen LogP contribution in [0, 0.1) is 12.1 Å². The predicted octanol–water partition coefficient (Wildman–Crippen LogP) is 16.0. The van der Waals surface area contributed by atoms with Gasteiger partial charge in [0.15, 0.2) is 0 Å². The van der Waals surface area contributed by atoms with Crippen molar-refractivity contribution in [3.8, 4) is 45.3 Å². The summed E-state index contributed by atoms with van der Waals surface area (Å²) in [6.45, 7) is 0. The van der Waals surface area contributed by atoms with E-state index in [9.17, 15) is 0 Å². The van der Waals surface area contributed by atoms with Gasteiger partial charge in [-0.15, -0.1) is 23.6 Å². The zero-order chi connectivity index (χ0) is 46.1. The number of nitrogens with zero attached hydrogens (tertiary/aromatic N) is 5. The SMILES string of the molecule is C1=[N+](c2[c-]c(Oc3[c-]c4c(cc3)c3ccccc3n4-c3ccccn3)cc(-n3c4ccccc4c4ccccc43)c2)c2ccc3ccccc3c2[N+]=1c1c(-c2ccccc2)cccc1-c1ccccc1.[Pd+2]. The van der Waals surface area contributed by atoms with E-state index in [1.165, 1.54) is 10.8 Å². The molecule has 0 N–H and O–H groups in total. The minimum absolute atomic E-state index is 0. The first kappa shape index (κ1) is 42.2. The molecule has 0 atom stereocenters. The molecule has 6 nitrogen and oxygen atoms in total. The molecule has 0 spiro atoms. The van der Waals surface area contributed by atoms with Crippen molar-refractivity contribution in [1.29, 1.82) is 0 Å². The summed E-state index contributed by atoms with van der Waals surface area (Å²) in [5, 5.41) is 6.77. The van der Waals surface area contributed by atoms with Crippen LogP contribution in [0.1, 0.15) is 0 Å². The van der Waals surface area contributed by atoms with E-state index < -0.39 is 0 Å². The topological polar surface area (TPSA) is 38.0 Å². The van der Waals surface area contributed by atoms with E-state index in [2.05, 4.69) is 243 Å². The van der Waals surface area contributed by atoms with Gasteiger partial charge in [0, 0.05) is 40.1 Å². The molecule has 10 aromatic carbocycles. The zero-order valence-corrected chi connectivity index (χ0v) is 39.5. The number of ether oxygens (including phenoxy) is 1. The molecule has 0 radical (unpaired) electrons. The third-order valence-electron chi connectivity index (χ3n) is 13.5. The van der Waals surface area contributed by atoms with E-state index >= 15 is 0 Å². The van der Waals surface area contributed by atoms with E-state index in [4.69, 9.17) is 9.72 Å². The second kappa shape index (κ2) is 17.2. The number of hydrogen-bond acceptors (Lipinski definition) is 2. The van der Waals surface area contributed by atoms with Crippen LogP contribution in [0.4, 0.5) is 22.7 Å².